The van der Waals surface area contributed by atoms with Crippen LogP contribution in [0.2, 0.25) is 0 Å². The molecule has 0 aromatic heterocycles. The maximum Gasteiger partial charge on any atom is 0.310 e. The molecule has 0 spiro atoms. The van der Waals surface area contributed by atoms with E-state index in [1.165, 1.54) is 12.0 Å². The number of rotatable bonds is 2. The van der Waals surface area contributed by atoms with Crippen molar-refractivity contribution in [3.63, 3.8) is 0 Å². The zero-order valence-electron chi connectivity index (χ0n) is 9.08. The summed E-state index contributed by atoms with van der Waals surface area (Å²) >= 11 is 0. The van der Waals surface area contributed by atoms with Crippen LogP contribution in [0.1, 0.15) is 33.6 Å². The molecule has 0 heterocycles. The SMILES string of the molecule is CC(C(=O)O)C1=CCC2CC1C2(C)C. The van der Waals surface area contributed by atoms with Crippen LogP contribution in [0.15, 0.2) is 11.6 Å². The fourth-order valence-electron chi connectivity index (χ4n) is 3.02. The molecule has 3 aliphatic rings. The van der Waals surface area contributed by atoms with E-state index < -0.39 is 5.97 Å². The molecule has 2 nitrogen and oxygen atoms in total. The third-order valence-corrected chi connectivity index (χ3v) is 4.38. The highest BCUT2D eigenvalue weighted by atomic mass is 16.4. The van der Waals surface area contributed by atoms with E-state index in [9.17, 15) is 4.79 Å². The predicted octanol–water partition coefficient (Wildman–Crippen LogP) is 2.70. The lowest BCUT2D eigenvalue weighted by Crippen LogP contribution is -2.49. The first-order chi connectivity index (χ1) is 6.44. The van der Waals surface area contributed by atoms with Gasteiger partial charge >= 0.3 is 5.97 Å². The van der Waals surface area contributed by atoms with Gasteiger partial charge in [0.05, 0.1) is 5.92 Å². The molecule has 1 saturated carbocycles. The van der Waals surface area contributed by atoms with Crippen LogP contribution < -0.4 is 0 Å². The van der Waals surface area contributed by atoms with Gasteiger partial charge in [-0.1, -0.05) is 25.5 Å². The highest BCUT2D eigenvalue weighted by Gasteiger charge is 2.52. The molecular weight excluding hydrogens is 176 g/mol. The van der Waals surface area contributed by atoms with Gasteiger partial charge in [0.25, 0.3) is 0 Å². The molecule has 0 saturated heterocycles. The number of hydrogen-bond acceptors (Lipinski definition) is 1. The lowest BCUT2D eigenvalue weighted by atomic mass is 9.48. The third kappa shape index (κ3) is 1.13. The largest absolute Gasteiger partial charge is 0.481 e. The van der Waals surface area contributed by atoms with Crippen LogP contribution in [0.25, 0.3) is 0 Å². The van der Waals surface area contributed by atoms with Gasteiger partial charge in [0.2, 0.25) is 0 Å². The summed E-state index contributed by atoms with van der Waals surface area (Å²) in [7, 11) is 0. The molecule has 1 N–H and O–H groups in total. The Balaban J connectivity index is 2.22. The maximum atomic E-state index is 10.9. The molecule has 78 valence electrons. The monoisotopic (exact) mass is 194 g/mol. The number of aliphatic carboxylic acids is 1. The molecule has 14 heavy (non-hydrogen) atoms. The average Bonchev–Trinajstić information content (AvgIpc) is 2.16. The molecular formula is C12H18O2. The first-order valence-electron chi connectivity index (χ1n) is 5.37. The van der Waals surface area contributed by atoms with Gasteiger partial charge in [0.1, 0.15) is 0 Å². The summed E-state index contributed by atoms with van der Waals surface area (Å²) in [5.74, 6) is 0.336. The van der Waals surface area contributed by atoms with Gasteiger partial charge in [0, 0.05) is 0 Å². The first-order valence-corrected chi connectivity index (χ1v) is 5.37. The van der Waals surface area contributed by atoms with Gasteiger partial charge in [-0.2, -0.15) is 0 Å². The lowest BCUT2D eigenvalue weighted by molar-refractivity contribution is -0.141. The van der Waals surface area contributed by atoms with Crippen LogP contribution in [0.5, 0.6) is 0 Å². The molecule has 3 atom stereocenters. The highest BCUT2D eigenvalue weighted by Crippen LogP contribution is 2.60. The first kappa shape index (κ1) is 9.75. The van der Waals surface area contributed by atoms with Crippen LogP contribution in [0, 0.1) is 23.2 Å². The number of carboxylic acids is 1. The zero-order valence-corrected chi connectivity index (χ0v) is 9.08. The summed E-state index contributed by atoms with van der Waals surface area (Å²) in [6.45, 7) is 6.35. The topological polar surface area (TPSA) is 37.3 Å². The van der Waals surface area contributed by atoms with Crippen molar-refractivity contribution in [2.45, 2.75) is 33.6 Å². The van der Waals surface area contributed by atoms with Crippen LogP contribution >= 0.6 is 0 Å². The Morgan fingerprint density at radius 1 is 1.64 bits per heavy atom. The van der Waals surface area contributed by atoms with Crippen molar-refractivity contribution >= 4 is 5.97 Å². The molecule has 2 heteroatoms. The number of hydrogen-bond donors (Lipinski definition) is 1. The van der Waals surface area contributed by atoms with Crippen LogP contribution in [-0.4, -0.2) is 11.1 Å². The summed E-state index contributed by atoms with van der Waals surface area (Å²) in [5, 5.41) is 9.00. The summed E-state index contributed by atoms with van der Waals surface area (Å²) in [5.41, 5.74) is 1.51. The Hall–Kier alpha value is -0.790. The normalized spacial score (nSPS) is 35.5. The fourth-order valence-corrected chi connectivity index (χ4v) is 3.02. The van der Waals surface area contributed by atoms with E-state index in [1.54, 1.807) is 0 Å². The van der Waals surface area contributed by atoms with Gasteiger partial charge in [-0.25, -0.2) is 0 Å². The van der Waals surface area contributed by atoms with E-state index in [1.807, 2.05) is 6.92 Å². The Morgan fingerprint density at radius 3 is 2.71 bits per heavy atom. The van der Waals surface area contributed by atoms with Crippen molar-refractivity contribution in [3.8, 4) is 0 Å². The van der Waals surface area contributed by atoms with Gasteiger partial charge in [-0.05, 0) is 37.0 Å². The van der Waals surface area contributed by atoms with E-state index in [4.69, 9.17) is 5.11 Å². The van der Waals surface area contributed by atoms with E-state index >= 15 is 0 Å². The van der Waals surface area contributed by atoms with E-state index in [-0.39, 0.29) is 5.92 Å². The van der Waals surface area contributed by atoms with Crippen molar-refractivity contribution in [1.82, 2.24) is 0 Å². The Kier molecular flexibility index (Phi) is 1.98. The van der Waals surface area contributed by atoms with Gasteiger partial charge in [-0.3, -0.25) is 4.79 Å². The van der Waals surface area contributed by atoms with E-state index in [0.29, 0.717) is 11.3 Å². The molecule has 1 fully saturated rings. The average molecular weight is 194 g/mol. The van der Waals surface area contributed by atoms with Crippen molar-refractivity contribution in [3.05, 3.63) is 11.6 Å². The molecule has 0 aromatic carbocycles. The number of carbonyl (C=O) groups is 1. The highest BCUT2D eigenvalue weighted by molar-refractivity contribution is 5.73. The molecule has 3 aliphatic carbocycles. The summed E-state index contributed by atoms with van der Waals surface area (Å²) in [6, 6.07) is 0. The Bertz CT molecular complexity index is 301. The van der Waals surface area contributed by atoms with Crippen molar-refractivity contribution in [1.29, 1.82) is 0 Å². The van der Waals surface area contributed by atoms with Gasteiger partial charge in [0.15, 0.2) is 0 Å². The second-order valence-corrected chi connectivity index (χ2v) is 5.31. The lowest BCUT2D eigenvalue weighted by Gasteiger charge is -2.57. The van der Waals surface area contributed by atoms with Crippen LogP contribution in [0.3, 0.4) is 0 Å². The number of fused-ring (bicyclic) bond motifs is 1. The molecule has 0 amide bonds. The smallest absolute Gasteiger partial charge is 0.310 e. The van der Waals surface area contributed by atoms with E-state index in [2.05, 4.69) is 19.9 Å². The summed E-state index contributed by atoms with van der Waals surface area (Å²) in [4.78, 5) is 10.9. The molecule has 3 rings (SSSR count). The summed E-state index contributed by atoms with van der Waals surface area (Å²) < 4.78 is 0. The van der Waals surface area contributed by atoms with Crippen molar-refractivity contribution in [2.75, 3.05) is 0 Å². The number of carboxylic acid groups (broad SMARTS) is 1. The van der Waals surface area contributed by atoms with Crippen molar-refractivity contribution < 1.29 is 9.90 Å². The van der Waals surface area contributed by atoms with E-state index in [0.717, 1.165) is 12.3 Å². The van der Waals surface area contributed by atoms with Gasteiger partial charge < -0.3 is 5.11 Å². The standard InChI is InChI=1S/C12H18O2/c1-7(11(13)14)9-5-4-8-6-10(9)12(8,2)3/h5,7-8,10H,4,6H2,1-3H3,(H,13,14). The molecule has 0 radical (unpaired) electrons. The molecule has 0 aliphatic heterocycles. The second kappa shape index (κ2) is 2.85. The fraction of sp³-hybridized carbons (Fsp3) is 0.750. The number of allylic oxidation sites excluding steroid dienone is 1. The molecule has 2 bridgehead atoms. The van der Waals surface area contributed by atoms with Crippen molar-refractivity contribution in [2.24, 2.45) is 23.2 Å². The quantitative estimate of drug-likeness (QED) is 0.686. The van der Waals surface area contributed by atoms with Crippen LogP contribution in [-0.2, 0) is 4.79 Å². The van der Waals surface area contributed by atoms with Gasteiger partial charge in [-0.15, -0.1) is 0 Å². The Labute approximate surface area is 85.0 Å². The molecule has 3 unspecified atom stereocenters. The minimum atomic E-state index is -0.683. The minimum absolute atomic E-state index is 0.291. The summed E-state index contributed by atoms with van der Waals surface area (Å²) in [6.07, 6.45) is 4.45. The zero-order chi connectivity index (χ0) is 10.5. The predicted molar refractivity (Wildman–Crippen MR) is 54.9 cm³/mol. The Morgan fingerprint density at radius 2 is 2.29 bits per heavy atom. The minimum Gasteiger partial charge on any atom is -0.481 e. The second-order valence-electron chi connectivity index (χ2n) is 5.31. The van der Waals surface area contributed by atoms with Crippen LogP contribution in [0.4, 0.5) is 0 Å². The molecule has 0 aromatic rings. The maximum absolute atomic E-state index is 10.9. The third-order valence-electron chi connectivity index (χ3n) is 4.38.